The Kier molecular flexibility index (Phi) is 24.6. The van der Waals surface area contributed by atoms with E-state index in [1.165, 1.54) is 70.3 Å². The smallest absolute Gasteiger partial charge is 0.726 e. The predicted molar refractivity (Wildman–Crippen MR) is 171 cm³/mol. The number of unbranched alkanes of at least 4 members (excludes halogenated alkanes) is 14. The zero-order chi connectivity index (χ0) is 32.8. The average Bonchev–Trinajstić information content (AvgIpc) is 3.30. The van der Waals surface area contributed by atoms with Gasteiger partial charge in [-0.1, -0.05) is 83.1 Å². The van der Waals surface area contributed by atoms with Gasteiger partial charge in [-0.3, -0.25) is 4.18 Å². The SMILES string of the molecule is CCOC(=O)/C=C/CCCC[C@H]1O[C@]2(CCCCCCCCCCCCCCCOC[C@H](N)COS(=O)(=O)[O-])CC[C@@H](O)[C@H]1O2.[Na+]. The topological polar surface area (TPSA) is 167 Å². The van der Waals surface area contributed by atoms with Gasteiger partial charge in [-0.15, -0.1) is 0 Å². The van der Waals surface area contributed by atoms with E-state index in [9.17, 15) is 22.9 Å². The quantitative estimate of drug-likeness (QED) is 0.0310. The van der Waals surface area contributed by atoms with Crippen molar-refractivity contribution < 1.29 is 75.6 Å². The maximum Gasteiger partial charge on any atom is 1.00 e. The first-order valence-electron chi connectivity index (χ1n) is 17.4. The van der Waals surface area contributed by atoms with E-state index in [0.29, 0.717) is 13.2 Å². The number of ether oxygens (including phenoxy) is 4. The van der Waals surface area contributed by atoms with Crippen molar-refractivity contribution in [3.8, 4) is 0 Å². The Morgan fingerprint density at radius 3 is 2.17 bits per heavy atom. The van der Waals surface area contributed by atoms with Gasteiger partial charge in [0.05, 0.1) is 38.1 Å². The van der Waals surface area contributed by atoms with Crippen molar-refractivity contribution in [1.82, 2.24) is 0 Å². The summed E-state index contributed by atoms with van der Waals surface area (Å²) in [7, 11) is -4.70. The summed E-state index contributed by atoms with van der Waals surface area (Å²) in [6, 6.07) is -0.624. The van der Waals surface area contributed by atoms with Crippen LogP contribution in [0.5, 0.6) is 0 Å². The number of carbonyl (C=O) groups excluding carboxylic acids is 1. The van der Waals surface area contributed by atoms with E-state index < -0.39 is 28.3 Å². The summed E-state index contributed by atoms with van der Waals surface area (Å²) in [4.78, 5) is 11.4. The van der Waals surface area contributed by atoms with Gasteiger partial charge in [0.1, 0.15) is 6.10 Å². The molecule has 0 saturated carbocycles. The van der Waals surface area contributed by atoms with Crippen molar-refractivity contribution in [1.29, 1.82) is 0 Å². The molecule has 46 heavy (non-hydrogen) atoms. The summed E-state index contributed by atoms with van der Waals surface area (Å²) in [5.41, 5.74) is 5.64. The van der Waals surface area contributed by atoms with E-state index in [4.69, 9.17) is 24.7 Å². The Bertz CT molecular complexity index is 924. The van der Waals surface area contributed by atoms with Crippen LogP contribution in [0.15, 0.2) is 12.2 Å². The molecule has 0 aromatic rings. The van der Waals surface area contributed by atoms with Gasteiger partial charge in [-0.2, -0.15) is 0 Å². The molecule has 2 heterocycles. The minimum Gasteiger partial charge on any atom is -0.726 e. The molecule has 11 nitrogen and oxygen atoms in total. The maximum atomic E-state index is 11.4. The van der Waals surface area contributed by atoms with Gasteiger partial charge in [0.15, 0.2) is 5.79 Å². The largest absolute Gasteiger partial charge is 1.00 e. The molecule has 2 fully saturated rings. The summed E-state index contributed by atoms with van der Waals surface area (Å²) in [5.74, 6) is -0.805. The number of rotatable bonds is 28. The molecular formula is C33H60NNaO10S. The second-order valence-electron chi connectivity index (χ2n) is 12.6. The number of esters is 1. The minimum absolute atomic E-state index is 0. The Morgan fingerprint density at radius 1 is 0.957 bits per heavy atom. The molecule has 2 bridgehead atoms. The zero-order valence-electron chi connectivity index (χ0n) is 28.5. The van der Waals surface area contributed by atoms with Gasteiger partial charge in [0, 0.05) is 25.5 Å². The number of hydrogen-bond acceptors (Lipinski definition) is 11. The van der Waals surface area contributed by atoms with Gasteiger partial charge in [0.2, 0.25) is 10.4 Å². The maximum absolute atomic E-state index is 11.4. The summed E-state index contributed by atoms with van der Waals surface area (Å²) >= 11 is 0. The van der Waals surface area contributed by atoms with Crippen molar-refractivity contribution in [3.05, 3.63) is 12.2 Å². The molecule has 2 saturated heterocycles. The molecule has 264 valence electrons. The van der Waals surface area contributed by atoms with Crippen LogP contribution in [0.4, 0.5) is 0 Å². The first-order chi connectivity index (χ1) is 21.6. The van der Waals surface area contributed by atoms with Gasteiger partial charge in [-0.05, 0) is 45.4 Å². The zero-order valence-corrected chi connectivity index (χ0v) is 31.4. The molecule has 0 spiro atoms. The van der Waals surface area contributed by atoms with Crippen LogP contribution in [-0.4, -0.2) is 80.6 Å². The molecule has 3 N–H and O–H groups in total. The molecule has 0 amide bonds. The van der Waals surface area contributed by atoms with Crippen molar-refractivity contribution in [2.24, 2.45) is 5.73 Å². The molecule has 0 aliphatic carbocycles. The van der Waals surface area contributed by atoms with Gasteiger partial charge in [-0.25, -0.2) is 13.2 Å². The second-order valence-corrected chi connectivity index (χ2v) is 13.6. The van der Waals surface area contributed by atoms with Crippen molar-refractivity contribution in [3.63, 3.8) is 0 Å². The van der Waals surface area contributed by atoms with E-state index in [0.717, 1.165) is 64.2 Å². The fourth-order valence-corrected chi connectivity index (χ4v) is 6.45. The first kappa shape index (κ1) is 43.9. The molecular weight excluding hydrogens is 625 g/mol. The van der Waals surface area contributed by atoms with Crippen LogP contribution >= 0.6 is 0 Å². The van der Waals surface area contributed by atoms with Crippen LogP contribution in [0.3, 0.4) is 0 Å². The van der Waals surface area contributed by atoms with Crippen LogP contribution < -0.4 is 35.3 Å². The summed E-state index contributed by atoms with van der Waals surface area (Å²) in [5, 5.41) is 10.5. The van der Waals surface area contributed by atoms with Crippen LogP contribution in [0.2, 0.25) is 0 Å². The van der Waals surface area contributed by atoms with E-state index >= 15 is 0 Å². The van der Waals surface area contributed by atoms with Gasteiger partial charge in [0.25, 0.3) is 0 Å². The summed E-state index contributed by atoms with van der Waals surface area (Å²) in [6.07, 6.45) is 24.3. The Labute approximate surface area is 300 Å². The monoisotopic (exact) mass is 685 g/mol. The van der Waals surface area contributed by atoms with E-state index in [1.807, 2.05) is 6.08 Å². The fraction of sp³-hybridized carbons (Fsp3) is 0.909. The molecule has 0 unspecified atom stereocenters. The number of nitrogens with two attached hydrogens (primary N) is 1. The predicted octanol–water partition coefficient (Wildman–Crippen LogP) is 2.59. The third-order valence-corrected chi connectivity index (χ3v) is 8.96. The van der Waals surface area contributed by atoms with Crippen molar-refractivity contribution in [2.75, 3.05) is 26.4 Å². The molecule has 13 heteroatoms. The molecule has 2 aliphatic rings. The number of aliphatic hydroxyl groups is 1. The van der Waals surface area contributed by atoms with E-state index in [1.54, 1.807) is 6.92 Å². The van der Waals surface area contributed by atoms with Crippen LogP contribution in [0.1, 0.15) is 135 Å². The van der Waals surface area contributed by atoms with E-state index in [-0.39, 0.29) is 60.9 Å². The van der Waals surface area contributed by atoms with Gasteiger partial charge >= 0.3 is 35.5 Å². The van der Waals surface area contributed by atoms with Gasteiger partial charge < -0.3 is 34.3 Å². The standard InChI is InChI=1S/C33H61NO10S.Na/c1-2-41-31(36)21-17-13-12-16-20-30-32-29(35)22-24-33(43-30,44-32)23-18-14-10-8-6-4-3-5-7-9-11-15-19-25-40-26-28(34)27-42-45(37,38)39;/h17,21,28-30,32,35H,2-16,18-20,22-27,34H2,1H3,(H,37,38,39);/q;+1/p-1/b21-17+;/t28-,29+,30+,32+,33-;/m0./s1. The summed E-state index contributed by atoms with van der Waals surface area (Å²) in [6.45, 7) is 2.58. The fourth-order valence-electron chi connectivity index (χ4n) is 6.11. The number of hydrogen-bond donors (Lipinski definition) is 2. The molecule has 0 radical (unpaired) electrons. The number of allylic oxidation sites excluding steroid dienone is 1. The number of aliphatic hydroxyl groups excluding tert-OH is 1. The Balaban J connectivity index is 0.0000106. The van der Waals surface area contributed by atoms with Crippen molar-refractivity contribution in [2.45, 2.75) is 165 Å². The average molecular weight is 686 g/mol. The van der Waals surface area contributed by atoms with Crippen LogP contribution in [0, 0.1) is 0 Å². The van der Waals surface area contributed by atoms with Crippen LogP contribution in [0.25, 0.3) is 0 Å². The summed E-state index contributed by atoms with van der Waals surface area (Å²) < 4.78 is 58.4. The first-order valence-corrected chi connectivity index (χ1v) is 18.8. The molecule has 2 aliphatic heterocycles. The van der Waals surface area contributed by atoms with Crippen molar-refractivity contribution >= 4 is 16.4 Å². The molecule has 0 aromatic heterocycles. The third-order valence-electron chi connectivity index (χ3n) is 8.54. The van der Waals surface area contributed by atoms with Crippen LogP contribution in [-0.2, 0) is 38.3 Å². The van der Waals surface area contributed by atoms with E-state index in [2.05, 4.69) is 4.18 Å². The minimum atomic E-state index is -4.70. The molecule has 2 rings (SSSR count). The normalized spacial score (nSPS) is 23.4. The number of carbonyl (C=O) groups is 1. The Hall–Kier alpha value is -0.120. The molecule has 0 aromatic carbocycles. The molecule has 5 atom stereocenters. The second kappa shape index (κ2) is 25.8. The number of fused-ring (bicyclic) bond motifs is 2. The Morgan fingerprint density at radius 2 is 1.57 bits per heavy atom. The third kappa shape index (κ3) is 20.4.